The Kier molecular flexibility index (Phi) is 2.67. The van der Waals surface area contributed by atoms with Crippen LogP contribution in [-0.2, 0) is 7.05 Å². The van der Waals surface area contributed by atoms with Crippen molar-refractivity contribution >= 4 is 10.8 Å². The van der Waals surface area contributed by atoms with Crippen LogP contribution < -0.4 is 5.56 Å². The van der Waals surface area contributed by atoms with Crippen LogP contribution in [0.15, 0.2) is 53.6 Å². The fourth-order valence-electron chi connectivity index (χ4n) is 2.19. The first-order valence-corrected chi connectivity index (χ1v) is 6.17. The lowest BCUT2D eigenvalue weighted by atomic mass is 10.1. The quantitative estimate of drug-likeness (QED) is 0.665. The van der Waals surface area contributed by atoms with Crippen molar-refractivity contribution in [1.82, 2.24) is 9.55 Å². The molecule has 0 spiro atoms. The second-order valence-electron chi connectivity index (χ2n) is 4.75. The van der Waals surface area contributed by atoms with E-state index in [0.717, 1.165) is 27.6 Å². The molecule has 3 rings (SSSR count). The van der Waals surface area contributed by atoms with E-state index < -0.39 is 0 Å². The minimum absolute atomic E-state index is 0.0204. The average Bonchev–Trinajstić information content (AvgIpc) is 2.43. The third-order valence-electron chi connectivity index (χ3n) is 3.29. The van der Waals surface area contributed by atoms with Gasteiger partial charge in [-0.05, 0) is 42.1 Å². The van der Waals surface area contributed by atoms with Gasteiger partial charge in [0.25, 0.3) is 5.56 Å². The van der Waals surface area contributed by atoms with Gasteiger partial charge in [0.05, 0.1) is 5.69 Å². The monoisotopic (exact) mass is 250 g/mol. The summed E-state index contributed by atoms with van der Waals surface area (Å²) in [6.45, 7) is 2.03. The van der Waals surface area contributed by atoms with Gasteiger partial charge in [0, 0.05) is 30.4 Å². The number of fused-ring (bicyclic) bond motifs is 1. The van der Waals surface area contributed by atoms with Gasteiger partial charge >= 0.3 is 0 Å². The van der Waals surface area contributed by atoms with Gasteiger partial charge in [-0.2, -0.15) is 0 Å². The number of aryl methyl sites for hydroxylation is 2. The first kappa shape index (κ1) is 11.7. The van der Waals surface area contributed by atoms with E-state index >= 15 is 0 Å². The van der Waals surface area contributed by atoms with Crippen LogP contribution in [-0.4, -0.2) is 9.55 Å². The number of hydrogen-bond donors (Lipinski definition) is 0. The fraction of sp³-hybridized carbons (Fsp3) is 0.125. The molecule has 19 heavy (non-hydrogen) atoms. The highest BCUT2D eigenvalue weighted by Crippen LogP contribution is 2.21. The van der Waals surface area contributed by atoms with Crippen LogP contribution >= 0.6 is 0 Å². The van der Waals surface area contributed by atoms with Gasteiger partial charge in [0.15, 0.2) is 0 Å². The molecular weight excluding hydrogens is 236 g/mol. The summed E-state index contributed by atoms with van der Waals surface area (Å²) in [6, 6.07) is 11.8. The summed E-state index contributed by atoms with van der Waals surface area (Å²) >= 11 is 0. The summed E-state index contributed by atoms with van der Waals surface area (Å²) in [5.74, 6) is 0. The number of nitrogens with zero attached hydrogens (tertiary/aromatic N) is 2. The smallest absolute Gasteiger partial charge is 0.258 e. The Bertz CT molecular complexity index is 818. The predicted molar refractivity (Wildman–Crippen MR) is 77.2 cm³/mol. The highest BCUT2D eigenvalue weighted by molar-refractivity contribution is 5.86. The van der Waals surface area contributed by atoms with Crippen molar-refractivity contribution in [2.45, 2.75) is 6.92 Å². The summed E-state index contributed by atoms with van der Waals surface area (Å²) in [4.78, 5) is 16.5. The highest BCUT2D eigenvalue weighted by atomic mass is 16.1. The van der Waals surface area contributed by atoms with Crippen molar-refractivity contribution in [2.24, 2.45) is 7.05 Å². The molecular formula is C16H14N2O. The summed E-state index contributed by atoms with van der Waals surface area (Å²) < 4.78 is 1.59. The molecule has 0 unspecified atom stereocenters. The summed E-state index contributed by atoms with van der Waals surface area (Å²) in [6.07, 6.45) is 3.58. The number of rotatable bonds is 1. The predicted octanol–water partition coefficient (Wildman–Crippen LogP) is 2.91. The lowest BCUT2D eigenvalue weighted by molar-refractivity contribution is 0.873. The van der Waals surface area contributed by atoms with Gasteiger partial charge in [0.2, 0.25) is 0 Å². The Morgan fingerprint density at radius 2 is 1.95 bits per heavy atom. The number of hydrogen-bond acceptors (Lipinski definition) is 2. The molecule has 3 nitrogen and oxygen atoms in total. The van der Waals surface area contributed by atoms with Crippen molar-refractivity contribution in [2.75, 3.05) is 0 Å². The first-order chi connectivity index (χ1) is 9.15. The molecule has 0 bridgehead atoms. The Hall–Kier alpha value is -2.42. The molecule has 0 aliphatic rings. The second kappa shape index (κ2) is 4.35. The normalized spacial score (nSPS) is 10.8. The maximum atomic E-state index is 12.1. The molecule has 3 heteroatoms. The van der Waals surface area contributed by atoms with E-state index in [4.69, 9.17) is 0 Å². The topological polar surface area (TPSA) is 34.9 Å². The summed E-state index contributed by atoms with van der Waals surface area (Å²) in [5.41, 5.74) is 3.05. The van der Waals surface area contributed by atoms with Crippen LogP contribution in [0.3, 0.4) is 0 Å². The van der Waals surface area contributed by atoms with E-state index in [0.29, 0.717) is 0 Å². The Morgan fingerprint density at radius 1 is 1.11 bits per heavy atom. The van der Waals surface area contributed by atoms with Crippen LogP contribution in [0.25, 0.3) is 22.0 Å². The average molecular weight is 250 g/mol. The van der Waals surface area contributed by atoms with E-state index in [-0.39, 0.29) is 5.56 Å². The third-order valence-corrected chi connectivity index (χ3v) is 3.29. The van der Waals surface area contributed by atoms with Crippen LogP contribution in [0.4, 0.5) is 0 Å². The molecule has 0 atom stereocenters. The maximum absolute atomic E-state index is 12.1. The van der Waals surface area contributed by atoms with E-state index in [1.807, 2.05) is 43.3 Å². The molecule has 0 fully saturated rings. The minimum Gasteiger partial charge on any atom is -0.318 e. The van der Waals surface area contributed by atoms with Gasteiger partial charge in [-0.3, -0.25) is 9.78 Å². The Labute approximate surface area is 111 Å². The van der Waals surface area contributed by atoms with Gasteiger partial charge < -0.3 is 4.57 Å². The number of benzene rings is 1. The van der Waals surface area contributed by atoms with Crippen LogP contribution in [0.2, 0.25) is 0 Å². The SMILES string of the molecule is Cc1ccnc(-c2ccc3ccn(C)c(=O)c3c2)c1. The zero-order valence-corrected chi connectivity index (χ0v) is 10.9. The largest absolute Gasteiger partial charge is 0.318 e. The van der Waals surface area contributed by atoms with Crippen molar-refractivity contribution < 1.29 is 0 Å². The zero-order valence-electron chi connectivity index (χ0n) is 10.9. The van der Waals surface area contributed by atoms with Crippen LogP contribution in [0, 0.1) is 6.92 Å². The van der Waals surface area contributed by atoms with Gasteiger partial charge in [-0.15, -0.1) is 0 Å². The number of aromatic nitrogens is 2. The Balaban J connectivity index is 2.27. The molecule has 0 radical (unpaired) electrons. The molecule has 1 aromatic carbocycles. The van der Waals surface area contributed by atoms with Crippen LogP contribution in [0.1, 0.15) is 5.56 Å². The van der Waals surface area contributed by atoms with Crippen molar-refractivity contribution in [3.63, 3.8) is 0 Å². The molecule has 2 heterocycles. The molecule has 0 aliphatic carbocycles. The number of pyridine rings is 2. The first-order valence-electron chi connectivity index (χ1n) is 6.17. The van der Waals surface area contributed by atoms with E-state index in [9.17, 15) is 4.79 Å². The lowest BCUT2D eigenvalue weighted by Crippen LogP contribution is -2.15. The molecule has 94 valence electrons. The van der Waals surface area contributed by atoms with Gasteiger partial charge in [0.1, 0.15) is 0 Å². The molecule has 0 saturated carbocycles. The lowest BCUT2D eigenvalue weighted by Gasteiger charge is -2.05. The highest BCUT2D eigenvalue weighted by Gasteiger charge is 2.04. The van der Waals surface area contributed by atoms with Crippen molar-refractivity contribution in [3.8, 4) is 11.3 Å². The molecule has 0 N–H and O–H groups in total. The Morgan fingerprint density at radius 3 is 2.74 bits per heavy atom. The third kappa shape index (κ3) is 2.03. The van der Waals surface area contributed by atoms with Crippen molar-refractivity contribution in [1.29, 1.82) is 0 Å². The van der Waals surface area contributed by atoms with E-state index in [2.05, 4.69) is 4.98 Å². The van der Waals surface area contributed by atoms with Crippen molar-refractivity contribution in [3.05, 3.63) is 64.7 Å². The minimum atomic E-state index is 0.0204. The summed E-state index contributed by atoms with van der Waals surface area (Å²) in [5, 5.41) is 1.69. The zero-order chi connectivity index (χ0) is 13.4. The maximum Gasteiger partial charge on any atom is 0.258 e. The standard InChI is InChI=1S/C16H14N2O/c1-11-5-7-17-15(9-11)13-4-3-12-6-8-18(2)16(19)14(12)10-13/h3-10H,1-2H3. The molecule has 0 amide bonds. The molecule has 0 aliphatic heterocycles. The van der Waals surface area contributed by atoms with Gasteiger partial charge in [-0.1, -0.05) is 12.1 Å². The molecule has 3 aromatic rings. The second-order valence-corrected chi connectivity index (χ2v) is 4.75. The van der Waals surface area contributed by atoms with Crippen LogP contribution in [0.5, 0.6) is 0 Å². The van der Waals surface area contributed by atoms with E-state index in [1.165, 1.54) is 0 Å². The van der Waals surface area contributed by atoms with E-state index in [1.54, 1.807) is 24.0 Å². The fourth-order valence-corrected chi connectivity index (χ4v) is 2.19. The summed E-state index contributed by atoms with van der Waals surface area (Å²) in [7, 11) is 1.76. The molecule has 2 aromatic heterocycles. The molecule has 0 saturated heterocycles. The van der Waals surface area contributed by atoms with Gasteiger partial charge in [-0.25, -0.2) is 0 Å².